The maximum atomic E-state index is 13.7. The third-order valence-electron chi connectivity index (χ3n) is 3.67. The van der Waals surface area contributed by atoms with Gasteiger partial charge in [-0.1, -0.05) is 12.8 Å². The molecule has 2 atom stereocenters. The minimum Gasteiger partial charge on any atom is -0.393 e. The van der Waals surface area contributed by atoms with Crippen molar-refractivity contribution in [1.29, 1.82) is 0 Å². The van der Waals surface area contributed by atoms with E-state index in [-0.39, 0.29) is 23.7 Å². The van der Waals surface area contributed by atoms with Gasteiger partial charge in [0, 0.05) is 25.1 Å². The lowest BCUT2D eigenvalue weighted by Crippen LogP contribution is -2.30. The minimum atomic E-state index is -0.713. The van der Waals surface area contributed by atoms with Crippen molar-refractivity contribution in [1.82, 2.24) is 4.98 Å². The summed E-state index contributed by atoms with van der Waals surface area (Å²) in [6, 6.07) is 0.824. The highest BCUT2D eigenvalue weighted by Gasteiger charge is 2.23. The number of anilines is 2. The first-order chi connectivity index (χ1) is 9.61. The van der Waals surface area contributed by atoms with Crippen molar-refractivity contribution < 1.29 is 13.9 Å². The molecule has 0 bridgehead atoms. The van der Waals surface area contributed by atoms with Gasteiger partial charge in [-0.25, -0.2) is 13.8 Å². The van der Waals surface area contributed by atoms with Crippen molar-refractivity contribution in [3.05, 3.63) is 17.7 Å². The standard InChI is InChI=1S/C14H21F2N3O/c1-2-17-13-10(15)7-11(16)14(19-13)18-8-9-5-3-4-6-12(9)20/h7,9,12,20H,2-6,8H2,1H3,(H2,17,18,19). The Hall–Kier alpha value is -1.43. The van der Waals surface area contributed by atoms with Crippen molar-refractivity contribution >= 4 is 11.6 Å². The zero-order valence-electron chi connectivity index (χ0n) is 11.6. The smallest absolute Gasteiger partial charge is 0.168 e. The van der Waals surface area contributed by atoms with Crippen LogP contribution in [0.15, 0.2) is 6.07 Å². The molecule has 0 radical (unpaired) electrons. The molecule has 1 aliphatic rings. The molecule has 0 aliphatic heterocycles. The molecule has 6 heteroatoms. The first-order valence-electron chi connectivity index (χ1n) is 7.13. The zero-order valence-corrected chi connectivity index (χ0v) is 11.6. The van der Waals surface area contributed by atoms with E-state index >= 15 is 0 Å². The Balaban J connectivity index is 2.02. The van der Waals surface area contributed by atoms with Gasteiger partial charge in [-0.2, -0.15) is 0 Å². The lowest BCUT2D eigenvalue weighted by atomic mass is 9.86. The van der Waals surface area contributed by atoms with Gasteiger partial charge in [-0.05, 0) is 19.8 Å². The van der Waals surface area contributed by atoms with E-state index < -0.39 is 11.6 Å². The van der Waals surface area contributed by atoms with Crippen LogP contribution in [0.3, 0.4) is 0 Å². The van der Waals surface area contributed by atoms with Crippen molar-refractivity contribution in [3.8, 4) is 0 Å². The average molecular weight is 285 g/mol. The first-order valence-corrected chi connectivity index (χ1v) is 7.13. The third kappa shape index (κ3) is 3.56. The number of rotatable bonds is 5. The van der Waals surface area contributed by atoms with Gasteiger partial charge in [-0.3, -0.25) is 0 Å². The molecule has 4 nitrogen and oxygen atoms in total. The average Bonchev–Trinajstić information content (AvgIpc) is 2.42. The van der Waals surface area contributed by atoms with Crippen LogP contribution in [0.1, 0.15) is 32.6 Å². The van der Waals surface area contributed by atoms with Gasteiger partial charge in [0.1, 0.15) is 0 Å². The molecule has 1 aromatic rings. The molecule has 112 valence electrons. The van der Waals surface area contributed by atoms with E-state index in [0.717, 1.165) is 31.7 Å². The summed E-state index contributed by atoms with van der Waals surface area (Å²) < 4.78 is 27.1. The summed E-state index contributed by atoms with van der Waals surface area (Å²) in [6.45, 7) is 2.77. The van der Waals surface area contributed by atoms with Gasteiger partial charge in [0.05, 0.1) is 6.10 Å². The number of hydrogen-bond acceptors (Lipinski definition) is 4. The van der Waals surface area contributed by atoms with E-state index in [0.29, 0.717) is 13.1 Å². The molecular formula is C14H21F2N3O. The van der Waals surface area contributed by atoms with Gasteiger partial charge in [-0.15, -0.1) is 0 Å². The second kappa shape index (κ2) is 6.83. The van der Waals surface area contributed by atoms with Crippen LogP contribution < -0.4 is 10.6 Å². The van der Waals surface area contributed by atoms with Crippen molar-refractivity contribution in [2.75, 3.05) is 23.7 Å². The van der Waals surface area contributed by atoms with Crippen LogP contribution in [0, 0.1) is 17.6 Å². The Labute approximate surface area is 117 Å². The van der Waals surface area contributed by atoms with E-state index in [2.05, 4.69) is 15.6 Å². The van der Waals surface area contributed by atoms with Crippen molar-refractivity contribution in [2.45, 2.75) is 38.7 Å². The molecule has 1 fully saturated rings. The summed E-state index contributed by atoms with van der Waals surface area (Å²) in [5.74, 6) is -1.25. The number of aromatic nitrogens is 1. The number of nitrogens with one attached hydrogen (secondary N) is 2. The summed E-state index contributed by atoms with van der Waals surface area (Å²) in [5.41, 5.74) is 0. The van der Waals surface area contributed by atoms with Crippen LogP contribution in [0.5, 0.6) is 0 Å². The number of hydrogen-bond donors (Lipinski definition) is 3. The van der Waals surface area contributed by atoms with Gasteiger partial charge in [0.25, 0.3) is 0 Å². The highest BCUT2D eigenvalue weighted by Crippen LogP contribution is 2.25. The number of nitrogens with zero attached hydrogens (tertiary/aromatic N) is 1. The van der Waals surface area contributed by atoms with Crippen LogP contribution in [0.2, 0.25) is 0 Å². The number of aliphatic hydroxyl groups excluding tert-OH is 1. The molecule has 1 saturated carbocycles. The summed E-state index contributed by atoms with van der Waals surface area (Å²) in [6.07, 6.45) is 3.45. The quantitative estimate of drug-likeness (QED) is 0.778. The molecular weight excluding hydrogens is 264 g/mol. The number of halogens is 2. The highest BCUT2D eigenvalue weighted by atomic mass is 19.1. The molecule has 0 amide bonds. The number of pyridine rings is 1. The van der Waals surface area contributed by atoms with Crippen LogP contribution in [0.25, 0.3) is 0 Å². The Kier molecular flexibility index (Phi) is 5.11. The molecule has 3 N–H and O–H groups in total. The molecule has 2 unspecified atom stereocenters. The molecule has 2 rings (SSSR count). The summed E-state index contributed by atoms with van der Waals surface area (Å²) in [5, 5.41) is 15.5. The predicted octanol–water partition coefficient (Wildman–Crippen LogP) is 2.75. The lowest BCUT2D eigenvalue weighted by Gasteiger charge is -2.27. The molecule has 1 aliphatic carbocycles. The van der Waals surface area contributed by atoms with Crippen molar-refractivity contribution in [2.24, 2.45) is 5.92 Å². The monoisotopic (exact) mass is 285 g/mol. The largest absolute Gasteiger partial charge is 0.393 e. The van der Waals surface area contributed by atoms with Gasteiger partial charge < -0.3 is 15.7 Å². The third-order valence-corrected chi connectivity index (χ3v) is 3.67. The first kappa shape index (κ1) is 15.0. The zero-order chi connectivity index (χ0) is 14.5. The van der Waals surface area contributed by atoms with Gasteiger partial charge >= 0.3 is 0 Å². The Morgan fingerprint density at radius 3 is 2.50 bits per heavy atom. The van der Waals surface area contributed by atoms with Crippen LogP contribution >= 0.6 is 0 Å². The summed E-state index contributed by atoms with van der Waals surface area (Å²) >= 11 is 0. The summed E-state index contributed by atoms with van der Waals surface area (Å²) in [4.78, 5) is 3.92. The molecule has 0 spiro atoms. The van der Waals surface area contributed by atoms with E-state index in [1.54, 1.807) is 0 Å². The molecule has 0 saturated heterocycles. The van der Waals surface area contributed by atoms with E-state index in [4.69, 9.17) is 0 Å². The highest BCUT2D eigenvalue weighted by molar-refractivity contribution is 5.47. The maximum absolute atomic E-state index is 13.7. The minimum absolute atomic E-state index is 0.0279. The fourth-order valence-corrected chi connectivity index (χ4v) is 2.54. The lowest BCUT2D eigenvalue weighted by molar-refractivity contribution is 0.0762. The Morgan fingerprint density at radius 1 is 1.20 bits per heavy atom. The molecule has 0 aromatic carbocycles. The van der Waals surface area contributed by atoms with E-state index in [1.807, 2.05) is 6.92 Å². The Morgan fingerprint density at radius 2 is 1.85 bits per heavy atom. The second-order valence-electron chi connectivity index (χ2n) is 5.17. The van der Waals surface area contributed by atoms with Crippen LogP contribution in [-0.4, -0.2) is 29.3 Å². The Bertz CT molecular complexity index is 456. The van der Waals surface area contributed by atoms with Crippen LogP contribution in [0.4, 0.5) is 20.4 Å². The van der Waals surface area contributed by atoms with E-state index in [1.165, 1.54) is 0 Å². The number of aliphatic hydroxyl groups is 1. The second-order valence-corrected chi connectivity index (χ2v) is 5.17. The SMILES string of the molecule is CCNc1nc(NCC2CCCCC2O)c(F)cc1F. The van der Waals surface area contributed by atoms with E-state index in [9.17, 15) is 13.9 Å². The predicted molar refractivity (Wildman–Crippen MR) is 74.8 cm³/mol. The normalized spacial score (nSPS) is 22.6. The summed E-state index contributed by atoms with van der Waals surface area (Å²) in [7, 11) is 0. The van der Waals surface area contributed by atoms with Gasteiger partial charge in [0.15, 0.2) is 23.3 Å². The molecule has 20 heavy (non-hydrogen) atoms. The molecule has 1 aromatic heterocycles. The fourth-order valence-electron chi connectivity index (χ4n) is 2.54. The fraction of sp³-hybridized carbons (Fsp3) is 0.643. The van der Waals surface area contributed by atoms with Crippen LogP contribution in [-0.2, 0) is 0 Å². The van der Waals surface area contributed by atoms with Gasteiger partial charge in [0.2, 0.25) is 0 Å². The molecule has 1 heterocycles. The maximum Gasteiger partial charge on any atom is 0.168 e. The topological polar surface area (TPSA) is 57.2 Å². The van der Waals surface area contributed by atoms with Crippen molar-refractivity contribution in [3.63, 3.8) is 0 Å².